The van der Waals surface area contributed by atoms with Crippen LogP contribution in [0.5, 0.6) is 0 Å². The Kier molecular flexibility index (Phi) is 9.55. The number of benzene rings is 11. The number of nitrogens with zero attached hydrogens (tertiary/aromatic N) is 2. The zero-order chi connectivity index (χ0) is 46.1. The number of fused-ring (bicyclic) bond motifs is 7. The Morgan fingerprint density at radius 1 is 0.304 bits per heavy atom. The second-order valence-corrected chi connectivity index (χ2v) is 18.9. The van der Waals surface area contributed by atoms with Gasteiger partial charge in [-0.3, -0.25) is 0 Å². The molecule has 0 atom stereocenters. The molecule has 1 heterocycles. The molecule has 0 amide bonds. The lowest BCUT2D eigenvalue weighted by Gasteiger charge is -2.29. The Morgan fingerprint density at radius 3 is 1.52 bits per heavy atom. The van der Waals surface area contributed by atoms with Gasteiger partial charge in [0, 0.05) is 38.6 Å². The Bertz CT molecular complexity index is 3880. The molecule has 0 fully saturated rings. The molecule has 0 unspecified atom stereocenters. The van der Waals surface area contributed by atoms with Gasteiger partial charge in [0.05, 0.1) is 16.7 Å². The summed E-state index contributed by atoms with van der Waals surface area (Å²) in [5, 5.41) is 4.94. The fourth-order valence-corrected chi connectivity index (χ4v) is 11.1. The molecule has 0 radical (unpaired) electrons. The highest BCUT2D eigenvalue weighted by Crippen LogP contribution is 2.51. The van der Waals surface area contributed by atoms with Crippen LogP contribution in [0.1, 0.15) is 25.0 Å². The summed E-state index contributed by atoms with van der Waals surface area (Å²) < 4.78 is 2.39. The van der Waals surface area contributed by atoms with Crippen LogP contribution in [0.25, 0.3) is 93.9 Å². The van der Waals surface area contributed by atoms with Gasteiger partial charge in [-0.15, -0.1) is 0 Å². The van der Waals surface area contributed by atoms with Gasteiger partial charge in [0.25, 0.3) is 0 Å². The summed E-state index contributed by atoms with van der Waals surface area (Å²) in [4.78, 5) is 2.45. The van der Waals surface area contributed by atoms with Crippen molar-refractivity contribution in [1.29, 1.82) is 0 Å². The smallest absolute Gasteiger partial charge is 0.0541 e. The Balaban J connectivity index is 0.853. The van der Waals surface area contributed by atoms with E-state index in [4.69, 9.17) is 0 Å². The zero-order valence-corrected chi connectivity index (χ0v) is 38.6. The third kappa shape index (κ3) is 6.79. The van der Waals surface area contributed by atoms with Crippen LogP contribution in [0, 0.1) is 0 Å². The Morgan fingerprint density at radius 2 is 0.797 bits per heavy atom. The van der Waals surface area contributed by atoms with E-state index < -0.39 is 0 Å². The summed E-state index contributed by atoms with van der Waals surface area (Å²) >= 11 is 0. The first-order chi connectivity index (χ1) is 34.0. The van der Waals surface area contributed by atoms with E-state index in [9.17, 15) is 0 Å². The van der Waals surface area contributed by atoms with Gasteiger partial charge in [-0.2, -0.15) is 0 Å². The Hall–Kier alpha value is -8.72. The van der Waals surface area contributed by atoms with Crippen LogP contribution in [-0.2, 0) is 5.41 Å². The molecular formula is C67H48N2. The van der Waals surface area contributed by atoms with Gasteiger partial charge in [0.15, 0.2) is 0 Å². The first kappa shape index (κ1) is 40.5. The molecule has 2 heteroatoms. The summed E-state index contributed by atoms with van der Waals surface area (Å²) in [6.45, 7) is 4.72. The van der Waals surface area contributed by atoms with Crippen molar-refractivity contribution in [2.45, 2.75) is 19.3 Å². The topological polar surface area (TPSA) is 8.17 Å². The molecule has 1 aliphatic carbocycles. The second kappa shape index (κ2) is 16.3. The maximum Gasteiger partial charge on any atom is 0.0541 e. The SMILES string of the molecule is CC1(C)c2ccccc2-c2ccc(N(c3ccc(-c4ccc(-c5ccc6c(c5)c5ccccc5n6-c5ccc(-c6ccccc6)cc5)cc4)cc3)c3ccc(-c4ccccc4)c4ccccc34)cc21. The van der Waals surface area contributed by atoms with Crippen LogP contribution in [0.2, 0.25) is 0 Å². The van der Waals surface area contributed by atoms with Crippen molar-refractivity contribution in [1.82, 2.24) is 4.57 Å². The quantitative estimate of drug-likeness (QED) is 0.148. The summed E-state index contributed by atoms with van der Waals surface area (Å²) in [7, 11) is 0. The molecule has 1 aliphatic rings. The minimum Gasteiger partial charge on any atom is -0.310 e. The van der Waals surface area contributed by atoms with Gasteiger partial charge >= 0.3 is 0 Å². The number of anilines is 3. The van der Waals surface area contributed by atoms with Crippen LogP contribution >= 0.6 is 0 Å². The van der Waals surface area contributed by atoms with E-state index in [-0.39, 0.29) is 5.41 Å². The molecular weight excluding hydrogens is 833 g/mol. The average molecular weight is 881 g/mol. The maximum atomic E-state index is 2.45. The van der Waals surface area contributed by atoms with Crippen molar-refractivity contribution in [2.75, 3.05) is 4.90 Å². The third-order valence-electron chi connectivity index (χ3n) is 14.6. The van der Waals surface area contributed by atoms with E-state index in [1.54, 1.807) is 0 Å². The molecule has 11 aromatic carbocycles. The van der Waals surface area contributed by atoms with Crippen molar-refractivity contribution >= 4 is 49.6 Å². The first-order valence-electron chi connectivity index (χ1n) is 24.0. The second-order valence-electron chi connectivity index (χ2n) is 18.9. The molecule has 12 aromatic rings. The molecule has 0 N–H and O–H groups in total. The Labute approximate surface area is 403 Å². The highest BCUT2D eigenvalue weighted by molar-refractivity contribution is 6.11. The minimum atomic E-state index is -0.122. The molecule has 326 valence electrons. The van der Waals surface area contributed by atoms with Gasteiger partial charge < -0.3 is 9.47 Å². The van der Waals surface area contributed by atoms with Crippen molar-refractivity contribution in [3.05, 3.63) is 266 Å². The summed E-state index contributed by atoms with van der Waals surface area (Å²) in [6, 6.07) is 93.5. The van der Waals surface area contributed by atoms with Gasteiger partial charge in [-0.25, -0.2) is 0 Å². The average Bonchev–Trinajstić information content (AvgIpc) is 3.87. The normalized spacial score (nSPS) is 12.6. The predicted molar refractivity (Wildman–Crippen MR) is 292 cm³/mol. The number of hydrogen-bond donors (Lipinski definition) is 0. The molecule has 69 heavy (non-hydrogen) atoms. The van der Waals surface area contributed by atoms with E-state index in [1.165, 1.54) is 99.3 Å². The predicted octanol–water partition coefficient (Wildman–Crippen LogP) is 18.4. The summed E-state index contributed by atoms with van der Waals surface area (Å²) in [5.74, 6) is 0. The van der Waals surface area contributed by atoms with E-state index >= 15 is 0 Å². The molecule has 1 aromatic heterocycles. The van der Waals surface area contributed by atoms with E-state index in [0.717, 1.165) is 22.7 Å². The fraction of sp³-hybridized carbons (Fsp3) is 0.0448. The van der Waals surface area contributed by atoms with Crippen molar-refractivity contribution in [2.24, 2.45) is 0 Å². The highest BCUT2D eigenvalue weighted by atomic mass is 15.1. The van der Waals surface area contributed by atoms with E-state index in [0.29, 0.717) is 0 Å². The van der Waals surface area contributed by atoms with E-state index in [2.05, 4.69) is 278 Å². The zero-order valence-electron chi connectivity index (χ0n) is 38.6. The lowest BCUT2D eigenvalue weighted by molar-refractivity contribution is 0.660. The molecule has 0 saturated carbocycles. The highest BCUT2D eigenvalue weighted by Gasteiger charge is 2.36. The largest absolute Gasteiger partial charge is 0.310 e. The molecule has 0 spiro atoms. The first-order valence-corrected chi connectivity index (χ1v) is 24.0. The van der Waals surface area contributed by atoms with Crippen molar-refractivity contribution < 1.29 is 0 Å². The van der Waals surface area contributed by atoms with Gasteiger partial charge in [0.2, 0.25) is 0 Å². The molecule has 0 saturated heterocycles. The van der Waals surface area contributed by atoms with Crippen molar-refractivity contribution in [3.63, 3.8) is 0 Å². The van der Waals surface area contributed by atoms with Gasteiger partial charge in [-0.05, 0) is 133 Å². The summed E-state index contributed by atoms with van der Waals surface area (Å²) in [5.41, 5.74) is 21.9. The minimum absolute atomic E-state index is 0.122. The molecule has 2 nitrogen and oxygen atoms in total. The van der Waals surface area contributed by atoms with Crippen LogP contribution in [0.3, 0.4) is 0 Å². The number of aromatic nitrogens is 1. The maximum absolute atomic E-state index is 2.45. The molecule has 0 bridgehead atoms. The molecule has 13 rings (SSSR count). The molecule has 0 aliphatic heterocycles. The van der Waals surface area contributed by atoms with Crippen molar-refractivity contribution in [3.8, 4) is 61.3 Å². The lowest BCUT2D eigenvalue weighted by Crippen LogP contribution is -2.16. The number of hydrogen-bond acceptors (Lipinski definition) is 1. The third-order valence-corrected chi connectivity index (χ3v) is 14.6. The lowest BCUT2D eigenvalue weighted by atomic mass is 9.82. The van der Waals surface area contributed by atoms with Crippen LogP contribution in [-0.4, -0.2) is 4.57 Å². The van der Waals surface area contributed by atoms with Gasteiger partial charge in [0.1, 0.15) is 0 Å². The monoisotopic (exact) mass is 880 g/mol. The van der Waals surface area contributed by atoms with E-state index in [1.807, 2.05) is 0 Å². The van der Waals surface area contributed by atoms with Gasteiger partial charge in [-0.1, -0.05) is 208 Å². The number of rotatable bonds is 8. The summed E-state index contributed by atoms with van der Waals surface area (Å²) in [6.07, 6.45) is 0. The standard InChI is InChI=1S/C67H48N2/c1-67(2)62-23-13-11-20-57(62)58-39-38-54(44-63(58)67)68(65-42-40-55(50-17-7-4-8-18-50)56-19-9-10-21-59(56)65)52-34-29-48(30-35-52)46-25-27-49(28-26-46)51-33-41-66-61(43-51)60-22-12-14-24-64(60)69(66)53-36-31-47(32-37-53)45-15-5-3-6-16-45/h3-44H,1-2H3. The number of para-hydroxylation sites is 1. The fourth-order valence-electron chi connectivity index (χ4n) is 11.1. The van der Waals surface area contributed by atoms with Crippen LogP contribution < -0.4 is 4.90 Å². The van der Waals surface area contributed by atoms with Crippen LogP contribution in [0.4, 0.5) is 17.1 Å². The van der Waals surface area contributed by atoms with Crippen LogP contribution in [0.15, 0.2) is 255 Å².